The Balaban J connectivity index is 1.57. The second-order valence-corrected chi connectivity index (χ2v) is 7.76. The zero-order valence-corrected chi connectivity index (χ0v) is 16.9. The van der Waals surface area contributed by atoms with Gasteiger partial charge in [0.1, 0.15) is 17.3 Å². The molecule has 0 aliphatic heterocycles. The van der Waals surface area contributed by atoms with Gasteiger partial charge in [0.05, 0.1) is 5.56 Å². The summed E-state index contributed by atoms with van der Waals surface area (Å²) in [4.78, 5) is 12.4. The third kappa shape index (κ3) is 3.82. The van der Waals surface area contributed by atoms with Gasteiger partial charge in [-0.1, -0.05) is 24.6 Å². The molecule has 1 fully saturated rings. The Morgan fingerprint density at radius 3 is 2.58 bits per heavy atom. The number of hydrogen-bond acceptors (Lipinski definition) is 5. The summed E-state index contributed by atoms with van der Waals surface area (Å²) in [6.07, 6.45) is 8.73. The molecule has 2 aromatic rings. The highest BCUT2D eigenvalue weighted by Crippen LogP contribution is 2.33. The van der Waals surface area contributed by atoms with E-state index in [4.69, 9.17) is 4.42 Å². The Bertz CT molecular complexity index is 775. The lowest BCUT2D eigenvalue weighted by atomic mass is 10.1. The molecular formula is C19H28N4O2S. The van der Waals surface area contributed by atoms with Gasteiger partial charge in [-0.05, 0) is 46.3 Å². The molecule has 1 aliphatic carbocycles. The number of aromatic nitrogens is 3. The number of nitrogens with zero attached hydrogens (tertiary/aromatic N) is 3. The van der Waals surface area contributed by atoms with E-state index in [1.165, 1.54) is 25.7 Å². The van der Waals surface area contributed by atoms with E-state index in [-0.39, 0.29) is 5.91 Å². The lowest BCUT2D eigenvalue weighted by Gasteiger charge is -2.16. The lowest BCUT2D eigenvalue weighted by Crippen LogP contribution is -2.26. The number of furan rings is 1. The zero-order chi connectivity index (χ0) is 18.7. The second kappa shape index (κ2) is 8.29. The molecule has 1 aliphatic rings. The van der Waals surface area contributed by atoms with Crippen LogP contribution in [0.5, 0.6) is 0 Å². The highest BCUT2D eigenvalue weighted by atomic mass is 32.2. The van der Waals surface area contributed by atoms with Crippen molar-refractivity contribution in [3.8, 4) is 0 Å². The maximum atomic E-state index is 12.4. The first kappa shape index (κ1) is 19.0. The van der Waals surface area contributed by atoms with Crippen LogP contribution < -0.4 is 5.32 Å². The summed E-state index contributed by atoms with van der Waals surface area (Å²) in [5.41, 5.74) is 1.59. The summed E-state index contributed by atoms with van der Waals surface area (Å²) in [6.45, 7) is 6.27. The van der Waals surface area contributed by atoms with Crippen LogP contribution in [0, 0.1) is 20.8 Å². The van der Waals surface area contributed by atoms with Crippen LogP contribution in [0.15, 0.2) is 9.57 Å². The first-order chi connectivity index (χ1) is 12.5. The smallest absolute Gasteiger partial charge is 0.255 e. The van der Waals surface area contributed by atoms with E-state index in [0.29, 0.717) is 23.9 Å². The van der Waals surface area contributed by atoms with Crippen molar-refractivity contribution in [3.63, 3.8) is 0 Å². The van der Waals surface area contributed by atoms with E-state index in [1.54, 1.807) is 11.8 Å². The average Bonchev–Trinajstić information content (AvgIpc) is 3.31. The van der Waals surface area contributed by atoms with Gasteiger partial charge in [-0.2, -0.15) is 0 Å². The third-order valence-electron chi connectivity index (χ3n) is 5.26. The van der Waals surface area contributed by atoms with Gasteiger partial charge in [0, 0.05) is 24.6 Å². The molecule has 0 saturated heterocycles. The molecule has 1 saturated carbocycles. The van der Waals surface area contributed by atoms with E-state index in [1.807, 2.05) is 20.8 Å². The molecule has 1 N–H and O–H groups in total. The third-order valence-corrected chi connectivity index (χ3v) is 5.90. The van der Waals surface area contributed by atoms with Crippen molar-refractivity contribution >= 4 is 17.7 Å². The zero-order valence-electron chi connectivity index (χ0n) is 16.1. The quantitative estimate of drug-likeness (QED) is 0.584. The molecule has 6 nitrogen and oxygen atoms in total. The summed E-state index contributed by atoms with van der Waals surface area (Å²) in [7, 11) is 0. The van der Waals surface area contributed by atoms with E-state index in [0.717, 1.165) is 35.1 Å². The van der Waals surface area contributed by atoms with Crippen molar-refractivity contribution in [3.05, 3.63) is 28.5 Å². The SMILES string of the molecule is CSc1nnc(CCCNC(=O)c2c(C)oc(C)c2C)n1C1CCCC1. The number of thioether (sulfide) groups is 1. The van der Waals surface area contributed by atoms with E-state index >= 15 is 0 Å². The fourth-order valence-corrected chi connectivity index (χ4v) is 4.38. The molecule has 7 heteroatoms. The van der Waals surface area contributed by atoms with Crippen molar-refractivity contribution in [1.29, 1.82) is 0 Å². The van der Waals surface area contributed by atoms with Gasteiger partial charge in [-0.3, -0.25) is 4.79 Å². The second-order valence-electron chi connectivity index (χ2n) is 6.99. The van der Waals surface area contributed by atoms with Gasteiger partial charge in [0.25, 0.3) is 5.91 Å². The highest BCUT2D eigenvalue weighted by molar-refractivity contribution is 7.98. The Morgan fingerprint density at radius 1 is 1.23 bits per heavy atom. The van der Waals surface area contributed by atoms with Crippen LogP contribution in [0.4, 0.5) is 0 Å². The first-order valence-corrected chi connectivity index (χ1v) is 10.6. The van der Waals surface area contributed by atoms with Crippen LogP contribution >= 0.6 is 11.8 Å². The number of nitrogens with one attached hydrogen (secondary N) is 1. The fraction of sp³-hybridized carbons (Fsp3) is 0.632. The van der Waals surface area contributed by atoms with Gasteiger partial charge in [-0.15, -0.1) is 10.2 Å². The molecule has 1 amide bonds. The Morgan fingerprint density at radius 2 is 1.96 bits per heavy atom. The number of amides is 1. The van der Waals surface area contributed by atoms with Crippen LogP contribution in [-0.4, -0.2) is 33.5 Å². The van der Waals surface area contributed by atoms with Gasteiger partial charge in [-0.25, -0.2) is 0 Å². The largest absolute Gasteiger partial charge is 0.466 e. The topological polar surface area (TPSA) is 73.0 Å². The predicted octanol–water partition coefficient (Wildman–Crippen LogP) is 4.00. The van der Waals surface area contributed by atoms with Crippen molar-refractivity contribution in [2.24, 2.45) is 0 Å². The molecule has 142 valence electrons. The van der Waals surface area contributed by atoms with Crippen molar-refractivity contribution in [2.75, 3.05) is 12.8 Å². The number of hydrogen-bond donors (Lipinski definition) is 1. The van der Waals surface area contributed by atoms with Gasteiger partial charge in [0.15, 0.2) is 5.16 Å². The minimum absolute atomic E-state index is 0.0566. The van der Waals surface area contributed by atoms with Gasteiger partial charge >= 0.3 is 0 Å². The maximum absolute atomic E-state index is 12.4. The minimum atomic E-state index is -0.0566. The highest BCUT2D eigenvalue weighted by Gasteiger charge is 2.23. The monoisotopic (exact) mass is 376 g/mol. The maximum Gasteiger partial charge on any atom is 0.255 e. The lowest BCUT2D eigenvalue weighted by molar-refractivity contribution is 0.0951. The van der Waals surface area contributed by atoms with Crippen LogP contribution in [0.3, 0.4) is 0 Å². The molecule has 3 rings (SSSR count). The van der Waals surface area contributed by atoms with Crippen molar-refractivity contribution in [1.82, 2.24) is 20.1 Å². The molecular weight excluding hydrogens is 348 g/mol. The molecule has 0 bridgehead atoms. The van der Waals surface area contributed by atoms with Crippen LogP contribution in [0.25, 0.3) is 0 Å². The van der Waals surface area contributed by atoms with Gasteiger partial charge < -0.3 is 14.3 Å². The van der Waals surface area contributed by atoms with E-state index < -0.39 is 0 Å². The average molecular weight is 377 g/mol. The molecule has 0 radical (unpaired) electrons. The normalized spacial score (nSPS) is 14.9. The minimum Gasteiger partial charge on any atom is -0.466 e. The Labute approximate surface area is 159 Å². The van der Waals surface area contributed by atoms with E-state index in [2.05, 4.69) is 26.3 Å². The van der Waals surface area contributed by atoms with Crippen LogP contribution in [0.1, 0.15) is 71.4 Å². The molecule has 2 heterocycles. The van der Waals surface area contributed by atoms with Crippen molar-refractivity contribution < 1.29 is 9.21 Å². The number of aryl methyl sites for hydroxylation is 3. The van der Waals surface area contributed by atoms with Gasteiger partial charge in [0.2, 0.25) is 0 Å². The first-order valence-electron chi connectivity index (χ1n) is 9.35. The number of rotatable bonds is 7. The van der Waals surface area contributed by atoms with Crippen LogP contribution in [0.2, 0.25) is 0 Å². The molecule has 0 unspecified atom stereocenters. The fourth-order valence-electron chi connectivity index (χ4n) is 3.81. The summed E-state index contributed by atoms with van der Waals surface area (Å²) in [5, 5.41) is 12.8. The number of carbonyl (C=O) groups is 1. The summed E-state index contributed by atoms with van der Waals surface area (Å²) in [5.74, 6) is 2.48. The Hall–Kier alpha value is -1.76. The molecule has 0 atom stereocenters. The van der Waals surface area contributed by atoms with E-state index in [9.17, 15) is 4.79 Å². The Kier molecular flexibility index (Phi) is 6.06. The molecule has 0 aromatic carbocycles. The predicted molar refractivity (Wildman–Crippen MR) is 103 cm³/mol. The molecule has 0 spiro atoms. The van der Waals surface area contributed by atoms with Crippen molar-refractivity contribution in [2.45, 2.75) is 70.5 Å². The molecule has 2 aromatic heterocycles. The van der Waals surface area contributed by atoms with Crippen LogP contribution in [-0.2, 0) is 6.42 Å². The summed E-state index contributed by atoms with van der Waals surface area (Å²) >= 11 is 1.66. The molecule has 26 heavy (non-hydrogen) atoms. The standard InChI is InChI=1S/C19H28N4O2S/c1-12-13(2)25-14(3)17(12)18(24)20-11-7-10-16-21-22-19(26-4)23(16)15-8-5-6-9-15/h15H,5-11H2,1-4H3,(H,20,24). The number of carbonyl (C=O) groups excluding carboxylic acids is 1. The summed E-state index contributed by atoms with van der Waals surface area (Å²) < 4.78 is 7.87. The summed E-state index contributed by atoms with van der Waals surface area (Å²) in [6, 6.07) is 0.538.